The Bertz CT molecular complexity index is 836. The maximum Gasteiger partial charge on any atom is 0.416 e. The molecule has 0 aliphatic rings. The van der Waals surface area contributed by atoms with Gasteiger partial charge in [-0.15, -0.1) is 0 Å². The van der Waals surface area contributed by atoms with Gasteiger partial charge >= 0.3 is 18.2 Å². The maximum atomic E-state index is 12.8. The van der Waals surface area contributed by atoms with E-state index in [1.165, 1.54) is 24.3 Å². The van der Waals surface area contributed by atoms with Crippen LogP contribution < -0.4 is 10.6 Å². The number of carbonyl (C=O) groups excluding carboxylic acids is 2. The molecule has 1 atom stereocenters. The molecule has 156 valence electrons. The fourth-order valence-electron chi connectivity index (χ4n) is 2.51. The molecule has 0 saturated heterocycles. The number of amides is 2. The Kier molecular flexibility index (Phi) is 7.64. The molecule has 1 unspecified atom stereocenters. The second kappa shape index (κ2) is 9.95. The second-order valence-corrected chi connectivity index (χ2v) is 6.51. The molecule has 0 spiro atoms. The summed E-state index contributed by atoms with van der Waals surface area (Å²) < 4.78 is 43.6. The number of hydrogen-bond donors (Lipinski definition) is 2. The lowest BCUT2D eigenvalue weighted by atomic mass is 10.1. The number of hydrogen-bond acceptors (Lipinski definition) is 3. The summed E-state index contributed by atoms with van der Waals surface area (Å²) in [4.78, 5) is 24.0. The third kappa shape index (κ3) is 6.81. The number of anilines is 1. The summed E-state index contributed by atoms with van der Waals surface area (Å²) in [6.45, 7) is 3.93. The number of alkyl halides is 3. The maximum absolute atomic E-state index is 12.8. The van der Waals surface area contributed by atoms with Gasteiger partial charge in [0.25, 0.3) is 0 Å². The van der Waals surface area contributed by atoms with Crippen LogP contribution in [0.5, 0.6) is 0 Å². The molecule has 29 heavy (non-hydrogen) atoms. The van der Waals surface area contributed by atoms with Crippen LogP contribution in [-0.2, 0) is 10.9 Å². The molecule has 2 aromatic carbocycles. The molecule has 0 radical (unpaired) electrons. The van der Waals surface area contributed by atoms with Crippen molar-refractivity contribution in [3.8, 4) is 0 Å². The van der Waals surface area contributed by atoms with Gasteiger partial charge in [-0.1, -0.05) is 25.5 Å². The van der Waals surface area contributed by atoms with E-state index in [-0.39, 0.29) is 0 Å². The predicted octanol–water partition coefficient (Wildman–Crippen LogP) is 5.55. The molecule has 0 aliphatic carbocycles. The summed E-state index contributed by atoms with van der Waals surface area (Å²) in [5.74, 6) is -0.437. The highest BCUT2D eigenvalue weighted by molar-refractivity contribution is 5.92. The van der Waals surface area contributed by atoms with Crippen LogP contribution >= 0.6 is 0 Å². The minimum absolute atomic E-state index is 0.333. The SMILES string of the molecule is CCCCOC(=O)c1ccc(NC(=O)NC(C)c2cccc(C(F)(F)F)c2)cc1. The van der Waals surface area contributed by atoms with E-state index >= 15 is 0 Å². The number of urea groups is 1. The van der Waals surface area contributed by atoms with E-state index in [9.17, 15) is 22.8 Å². The monoisotopic (exact) mass is 408 g/mol. The third-order valence-corrected chi connectivity index (χ3v) is 4.17. The second-order valence-electron chi connectivity index (χ2n) is 6.51. The zero-order valence-corrected chi connectivity index (χ0v) is 16.2. The van der Waals surface area contributed by atoms with Crippen LogP contribution in [0.4, 0.5) is 23.7 Å². The molecular formula is C21H23F3N2O3. The van der Waals surface area contributed by atoms with Crippen LogP contribution in [0.1, 0.15) is 54.2 Å². The van der Waals surface area contributed by atoms with E-state index in [1.807, 2.05) is 6.92 Å². The first-order chi connectivity index (χ1) is 13.7. The van der Waals surface area contributed by atoms with Crippen molar-refractivity contribution in [3.63, 3.8) is 0 Å². The van der Waals surface area contributed by atoms with E-state index < -0.39 is 29.8 Å². The van der Waals surface area contributed by atoms with Gasteiger partial charge in [0.1, 0.15) is 0 Å². The van der Waals surface area contributed by atoms with Gasteiger partial charge in [0, 0.05) is 5.69 Å². The lowest BCUT2D eigenvalue weighted by molar-refractivity contribution is -0.137. The summed E-state index contributed by atoms with van der Waals surface area (Å²) in [6, 6.07) is 9.73. The highest BCUT2D eigenvalue weighted by atomic mass is 19.4. The van der Waals surface area contributed by atoms with Crippen molar-refractivity contribution < 1.29 is 27.5 Å². The molecule has 2 N–H and O–H groups in total. The summed E-state index contributed by atoms with van der Waals surface area (Å²) in [5, 5.41) is 5.17. The Labute approximate surface area is 167 Å². The first-order valence-corrected chi connectivity index (χ1v) is 9.22. The van der Waals surface area contributed by atoms with Gasteiger partial charge in [-0.25, -0.2) is 9.59 Å². The average Bonchev–Trinajstić information content (AvgIpc) is 2.68. The summed E-state index contributed by atoms with van der Waals surface area (Å²) >= 11 is 0. The standard InChI is InChI=1S/C21H23F3N2O3/c1-3-4-12-29-19(27)15-8-10-18(11-9-15)26-20(28)25-14(2)16-6-5-7-17(13-16)21(22,23)24/h5-11,13-14H,3-4,12H2,1-2H3,(H2,25,26,28). The Morgan fingerprint density at radius 1 is 1.10 bits per heavy atom. The number of nitrogens with one attached hydrogen (secondary N) is 2. The van der Waals surface area contributed by atoms with Gasteiger partial charge in [-0.2, -0.15) is 13.2 Å². The third-order valence-electron chi connectivity index (χ3n) is 4.17. The van der Waals surface area contributed by atoms with Crippen LogP contribution in [0.15, 0.2) is 48.5 Å². The fourth-order valence-corrected chi connectivity index (χ4v) is 2.51. The zero-order valence-electron chi connectivity index (χ0n) is 16.2. The summed E-state index contributed by atoms with van der Waals surface area (Å²) in [7, 11) is 0. The Balaban J connectivity index is 1.93. The van der Waals surface area contributed by atoms with Gasteiger partial charge in [-0.3, -0.25) is 0 Å². The average molecular weight is 408 g/mol. The van der Waals surface area contributed by atoms with Crippen LogP contribution in [0.25, 0.3) is 0 Å². The van der Waals surface area contributed by atoms with Crippen LogP contribution in [0, 0.1) is 0 Å². The summed E-state index contributed by atoms with van der Waals surface area (Å²) in [6.07, 6.45) is -2.74. The molecule has 0 fully saturated rings. The number of rotatable bonds is 7. The lowest BCUT2D eigenvalue weighted by Crippen LogP contribution is -2.31. The van der Waals surface area contributed by atoms with Gasteiger partial charge in [-0.05, 0) is 55.3 Å². The smallest absolute Gasteiger partial charge is 0.416 e. The van der Waals surface area contributed by atoms with Crippen molar-refractivity contribution in [2.75, 3.05) is 11.9 Å². The number of halogens is 3. The number of benzene rings is 2. The van der Waals surface area contributed by atoms with Crippen LogP contribution in [0.3, 0.4) is 0 Å². The number of carbonyl (C=O) groups is 2. The highest BCUT2D eigenvalue weighted by Gasteiger charge is 2.30. The zero-order chi connectivity index (χ0) is 21.4. The van der Waals surface area contributed by atoms with Crippen molar-refractivity contribution >= 4 is 17.7 Å². The molecule has 2 rings (SSSR count). The molecule has 2 amide bonds. The first kappa shape index (κ1) is 22.3. The van der Waals surface area contributed by atoms with E-state index in [1.54, 1.807) is 19.1 Å². The molecule has 5 nitrogen and oxygen atoms in total. The van der Waals surface area contributed by atoms with Gasteiger partial charge in [0.2, 0.25) is 0 Å². The molecule has 8 heteroatoms. The Hall–Kier alpha value is -3.03. The Morgan fingerprint density at radius 3 is 2.41 bits per heavy atom. The van der Waals surface area contributed by atoms with E-state index in [0.717, 1.165) is 25.0 Å². The largest absolute Gasteiger partial charge is 0.462 e. The predicted molar refractivity (Wildman–Crippen MR) is 104 cm³/mol. The van der Waals surface area contributed by atoms with E-state index in [0.29, 0.717) is 23.4 Å². The van der Waals surface area contributed by atoms with Crippen molar-refractivity contribution in [1.82, 2.24) is 5.32 Å². The normalized spacial score (nSPS) is 12.2. The number of ether oxygens (including phenoxy) is 1. The molecule has 0 bridgehead atoms. The Morgan fingerprint density at radius 2 is 1.79 bits per heavy atom. The minimum atomic E-state index is -4.45. The number of unbranched alkanes of at least 4 members (excludes halogenated alkanes) is 1. The van der Waals surface area contributed by atoms with Crippen molar-refractivity contribution in [2.45, 2.75) is 38.9 Å². The van der Waals surface area contributed by atoms with Crippen molar-refractivity contribution in [3.05, 3.63) is 65.2 Å². The van der Waals surface area contributed by atoms with E-state index in [2.05, 4.69) is 10.6 Å². The molecule has 0 heterocycles. The van der Waals surface area contributed by atoms with Crippen molar-refractivity contribution in [1.29, 1.82) is 0 Å². The van der Waals surface area contributed by atoms with Gasteiger partial charge in [0.05, 0.1) is 23.8 Å². The molecule has 0 aromatic heterocycles. The highest BCUT2D eigenvalue weighted by Crippen LogP contribution is 2.30. The van der Waals surface area contributed by atoms with Gasteiger partial charge < -0.3 is 15.4 Å². The van der Waals surface area contributed by atoms with Crippen LogP contribution in [-0.4, -0.2) is 18.6 Å². The quantitative estimate of drug-likeness (QED) is 0.467. The molecule has 0 saturated carbocycles. The van der Waals surface area contributed by atoms with E-state index in [4.69, 9.17) is 4.74 Å². The number of esters is 1. The van der Waals surface area contributed by atoms with Crippen LogP contribution in [0.2, 0.25) is 0 Å². The minimum Gasteiger partial charge on any atom is -0.462 e. The molecule has 0 aliphatic heterocycles. The fraction of sp³-hybridized carbons (Fsp3) is 0.333. The first-order valence-electron chi connectivity index (χ1n) is 9.22. The van der Waals surface area contributed by atoms with Crippen molar-refractivity contribution in [2.24, 2.45) is 0 Å². The lowest BCUT2D eigenvalue weighted by Gasteiger charge is -2.17. The van der Waals surface area contributed by atoms with Gasteiger partial charge in [0.15, 0.2) is 0 Å². The summed E-state index contributed by atoms with van der Waals surface area (Å²) in [5.41, 5.74) is 0.360. The molecule has 2 aromatic rings. The molecular weight excluding hydrogens is 385 g/mol. The topological polar surface area (TPSA) is 67.4 Å².